The van der Waals surface area contributed by atoms with Crippen LogP contribution in [-0.4, -0.2) is 58.2 Å². The van der Waals surface area contributed by atoms with E-state index in [-0.39, 0.29) is 5.91 Å². The first kappa shape index (κ1) is 17.3. The number of nitrogens with zero attached hydrogens (tertiary/aromatic N) is 5. The van der Waals surface area contributed by atoms with Gasteiger partial charge in [0.25, 0.3) is 5.91 Å². The molecule has 3 aromatic rings. The number of aryl methyl sites for hydroxylation is 1. The average molecular weight is 365 g/mol. The zero-order chi connectivity index (χ0) is 18.8. The SMILES string of the molecule is CCOc1ccc2nc(C(=O)N3CCN(c4ccc(C)cc4)CC3)cn2n1. The maximum atomic E-state index is 12.8. The summed E-state index contributed by atoms with van der Waals surface area (Å²) in [5, 5.41) is 4.32. The first-order valence-electron chi connectivity index (χ1n) is 9.24. The van der Waals surface area contributed by atoms with Crippen LogP contribution in [0.5, 0.6) is 5.88 Å². The molecule has 1 fully saturated rings. The van der Waals surface area contributed by atoms with Gasteiger partial charge in [0.05, 0.1) is 12.8 Å². The van der Waals surface area contributed by atoms with Gasteiger partial charge in [0, 0.05) is 37.9 Å². The van der Waals surface area contributed by atoms with Crippen molar-refractivity contribution in [3.8, 4) is 5.88 Å². The quantitative estimate of drug-likeness (QED) is 0.710. The number of benzene rings is 1. The van der Waals surface area contributed by atoms with Crippen LogP contribution in [0, 0.1) is 6.92 Å². The third kappa shape index (κ3) is 3.58. The number of rotatable bonds is 4. The molecule has 4 rings (SSSR count). The molecular weight excluding hydrogens is 342 g/mol. The van der Waals surface area contributed by atoms with Crippen molar-refractivity contribution < 1.29 is 9.53 Å². The van der Waals surface area contributed by atoms with Crippen molar-refractivity contribution in [3.63, 3.8) is 0 Å². The van der Waals surface area contributed by atoms with Gasteiger partial charge in [-0.15, -0.1) is 5.10 Å². The number of aromatic nitrogens is 3. The number of anilines is 1. The number of fused-ring (bicyclic) bond motifs is 1. The Morgan fingerprint density at radius 1 is 1.07 bits per heavy atom. The summed E-state index contributed by atoms with van der Waals surface area (Å²) in [4.78, 5) is 21.4. The number of carbonyl (C=O) groups is 1. The van der Waals surface area contributed by atoms with Gasteiger partial charge in [0.2, 0.25) is 5.88 Å². The van der Waals surface area contributed by atoms with Crippen molar-refractivity contribution in [1.82, 2.24) is 19.5 Å². The Morgan fingerprint density at radius 3 is 2.52 bits per heavy atom. The molecule has 1 saturated heterocycles. The average Bonchev–Trinajstić information content (AvgIpc) is 3.12. The van der Waals surface area contributed by atoms with Crippen molar-refractivity contribution in [2.75, 3.05) is 37.7 Å². The highest BCUT2D eigenvalue weighted by Gasteiger charge is 2.24. The maximum Gasteiger partial charge on any atom is 0.274 e. The number of amides is 1. The van der Waals surface area contributed by atoms with Gasteiger partial charge in [-0.3, -0.25) is 4.79 Å². The fourth-order valence-electron chi connectivity index (χ4n) is 3.28. The minimum atomic E-state index is -0.0537. The molecule has 1 amide bonds. The van der Waals surface area contributed by atoms with E-state index in [9.17, 15) is 4.79 Å². The molecule has 0 spiro atoms. The Morgan fingerprint density at radius 2 is 1.81 bits per heavy atom. The molecular formula is C20H23N5O2. The molecule has 0 bridgehead atoms. The van der Waals surface area contributed by atoms with E-state index in [0.717, 1.165) is 13.1 Å². The molecule has 7 nitrogen and oxygen atoms in total. The first-order valence-corrected chi connectivity index (χ1v) is 9.24. The van der Waals surface area contributed by atoms with E-state index in [1.165, 1.54) is 11.3 Å². The summed E-state index contributed by atoms with van der Waals surface area (Å²) in [6.45, 7) is 7.52. The summed E-state index contributed by atoms with van der Waals surface area (Å²) in [5.41, 5.74) is 3.51. The van der Waals surface area contributed by atoms with Gasteiger partial charge in [-0.25, -0.2) is 9.50 Å². The molecule has 0 unspecified atom stereocenters. The van der Waals surface area contributed by atoms with Gasteiger partial charge in [-0.1, -0.05) is 17.7 Å². The predicted molar refractivity (Wildman–Crippen MR) is 103 cm³/mol. The largest absolute Gasteiger partial charge is 0.477 e. The number of carbonyl (C=O) groups excluding carboxylic acids is 1. The fourth-order valence-corrected chi connectivity index (χ4v) is 3.28. The van der Waals surface area contributed by atoms with E-state index in [2.05, 4.69) is 46.2 Å². The molecule has 3 heterocycles. The van der Waals surface area contributed by atoms with E-state index < -0.39 is 0 Å². The lowest BCUT2D eigenvalue weighted by molar-refractivity contribution is 0.0741. The van der Waals surface area contributed by atoms with Crippen LogP contribution in [0.25, 0.3) is 5.65 Å². The molecule has 1 aliphatic heterocycles. The van der Waals surface area contributed by atoms with E-state index in [1.807, 2.05) is 17.9 Å². The van der Waals surface area contributed by atoms with Gasteiger partial charge in [0.1, 0.15) is 5.69 Å². The molecule has 0 radical (unpaired) electrons. The van der Waals surface area contributed by atoms with Crippen LogP contribution in [0.3, 0.4) is 0 Å². The molecule has 140 valence electrons. The van der Waals surface area contributed by atoms with Crippen LogP contribution >= 0.6 is 0 Å². The lowest BCUT2D eigenvalue weighted by Gasteiger charge is -2.35. The predicted octanol–water partition coefficient (Wildman–Crippen LogP) is 2.40. The Balaban J connectivity index is 1.44. The van der Waals surface area contributed by atoms with Crippen LogP contribution in [0.2, 0.25) is 0 Å². The molecule has 0 N–H and O–H groups in total. The van der Waals surface area contributed by atoms with Gasteiger partial charge in [-0.05, 0) is 32.0 Å². The highest BCUT2D eigenvalue weighted by atomic mass is 16.5. The van der Waals surface area contributed by atoms with Crippen molar-refractivity contribution in [3.05, 3.63) is 53.9 Å². The van der Waals surface area contributed by atoms with Gasteiger partial charge < -0.3 is 14.5 Å². The van der Waals surface area contributed by atoms with Crippen LogP contribution in [-0.2, 0) is 0 Å². The summed E-state index contributed by atoms with van der Waals surface area (Å²) in [6.07, 6.45) is 1.67. The van der Waals surface area contributed by atoms with Gasteiger partial charge in [-0.2, -0.15) is 0 Å². The number of imidazole rings is 1. The second-order valence-corrected chi connectivity index (χ2v) is 6.65. The molecule has 7 heteroatoms. The molecule has 0 aliphatic carbocycles. The van der Waals surface area contributed by atoms with Gasteiger partial charge >= 0.3 is 0 Å². The highest BCUT2D eigenvalue weighted by molar-refractivity contribution is 5.93. The fraction of sp³-hybridized carbons (Fsp3) is 0.350. The lowest BCUT2D eigenvalue weighted by atomic mass is 10.2. The second kappa shape index (κ2) is 7.26. The van der Waals surface area contributed by atoms with Crippen LogP contribution < -0.4 is 9.64 Å². The summed E-state index contributed by atoms with van der Waals surface area (Å²) in [6, 6.07) is 12.1. The number of hydrogen-bond acceptors (Lipinski definition) is 5. The van der Waals surface area contributed by atoms with Gasteiger partial charge in [0.15, 0.2) is 5.65 Å². The monoisotopic (exact) mass is 365 g/mol. The summed E-state index contributed by atoms with van der Waals surface area (Å²) in [5.74, 6) is 0.468. The molecule has 0 atom stereocenters. The molecule has 1 aromatic carbocycles. The van der Waals surface area contributed by atoms with E-state index in [4.69, 9.17) is 4.74 Å². The van der Waals surface area contributed by atoms with Crippen LogP contribution in [0.4, 0.5) is 5.69 Å². The van der Waals surface area contributed by atoms with Crippen molar-refractivity contribution >= 4 is 17.2 Å². The number of ether oxygens (including phenoxy) is 1. The Hall–Kier alpha value is -3.09. The number of piperazine rings is 1. The smallest absolute Gasteiger partial charge is 0.274 e. The topological polar surface area (TPSA) is 63.0 Å². The standard InChI is InChI=1S/C20H23N5O2/c1-3-27-19-9-8-18-21-17(14-25(18)22-19)20(26)24-12-10-23(11-13-24)16-6-4-15(2)5-7-16/h4-9,14H,3,10-13H2,1-2H3. The molecule has 2 aromatic heterocycles. The van der Waals surface area contributed by atoms with Crippen LogP contribution in [0.15, 0.2) is 42.6 Å². The van der Waals surface area contributed by atoms with Crippen molar-refractivity contribution in [2.45, 2.75) is 13.8 Å². The Labute approximate surface area is 158 Å². The normalized spacial score (nSPS) is 14.6. The third-order valence-corrected chi connectivity index (χ3v) is 4.77. The van der Waals surface area contributed by atoms with Crippen molar-refractivity contribution in [2.24, 2.45) is 0 Å². The summed E-state index contributed by atoms with van der Waals surface area (Å²) < 4.78 is 7.00. The Kier molecular flexibility index (Phi) is 4.66. The van der Waals surface area contributed by atoms with E-state index in [0.29, 0.717) is 36.9 Å². The van der Waals surface area contributed by atoms with E-state index in [1.54, 1.807) is 16.8 Å². The minimum absolute atomic E-state index is 0.0537. The Bertz CT molecular complexity index is 943. The van der Waals surface area contributed by atoms with E-state index >= 15 is 0 Å². The minimum Gasteiger partial charge on any atom is -0.477 e. The molecule has 27 heavy (non-hydrogen) atoms. The first-order chi connectivity index (χ1) is 13.1. The lowest BCUT2D eigenvalue weighted by Crippen LogP contribution is -2.48. The summed E-state index contributed by atoms with van der Waals surface area (Å²) >= 11 is 0. The van der Waals surface area contributed by atoms with Crippen LogP contribution in [0.1, 0.15) is 23.0 Å². The number of hydrogen-bond donors (Lipinski definition) is 0. The van der Waals surface area contributed by atoms with Crippen molar-refractivity contribution in [1.29, 1.82) is 0 Å². The highest BCUT2D eigenvalue weighted by Crippen LogP contribution is 2.18. The molecule has 0 saturated carbocycles. The zero-order valence-electron chi connectivity index (χ0n) is 15.6. The maximum absolute atomic E-state index is 12.8. The third-order valence-electron chi connectivity index (χ3n) is 4.77. The second-order valence-electron chi connectivity index (χ2n) is 6.65. The zero-order valence-corrected chi connectivity index (χ0v) is 15.6. The molecule has 1 aliphatic rings. The summed E-state index contributed by atoms with van der Waals surface area (Å²) in [7, 11) is 0.